The van der Waals surface area contributed by atoms with E-state index in [1.54, 1.807) is 0 Å². The fourth-order valence-corrected chi connectivity index (χ4v) is 1.88. The number of aromatic nitrogens is 2. The number of unbranched alkanes of at least 4 members (excludes halogenated alkanes) is 3. The lowest BCUT2D eigenvalue weighted by molar-refractivity contribution is 0.764. The van der Waals surface area contributed by atoms with Crippen LogP contribution in [-0.2, 0) is 0 Å². The molecule has 2 rings (SSSR count). The molecule has 2 aromatic rings. The molecule has 0 spiro atoms. The highest BCUT2D eigenvalue weighted by Gasteiger charge is 1.87. The van der Waals surface area contributed by atoms with Crippen LogP contribution in [0.1, 0.15) is 37.1 Å². The molecule has 0 unspecified atom stereocenters. The Morgan fingerprint density at radius 3 is 1.60 bits per heavy atom. The summed E-state index contributed by atoms with van der Waals surface area (Å²) < 4.78 is 0. The van der Waals surface area contributed by atoms with Crippen molar-refractivity contribution in [2.75, 3.05) is 0 Å². The van der Waals surface area contributed by atoms with E-state index in [-0.39, 0.29) is 0 Å². The van der Waals surface area contributed by atoms with Gasteiger partial charge in [0, 0.05) is 12.4 Å². The summed E-state index contributed by atoms with van der Waals surface area (Å²) >= 11 is 0. The fourth-order valence-electron chi connectivity index (χ4n) is 1.88. The molecule has 2 aromatic heterocycles. The maximum Gasteiger partial charge on any atom is 0.0626 e. The minimum Gasteiger partial charge on any atom is -0.257 e. The molecule has 0 saturated heterocycles. The average molecular weight is 264 g/mol. The SMILES string of the molecule is C(=C\c1ccccn1)/CCCC/C=C/c1ccccn1. The van der Waals surface area contributed by atoms with E-state index in [1.165, 1.54) is 12.8 Å². The summed E-state index contributed by atoms with van der Waals surface area (Å²) in [7, 11) is 0. The smallest absolute Gasteiger partial charge is 0.0626 e. The third kappa shape index (κ3) is 5.61. The minimum atomic E-state index is 1.03. The van der Waals surface area contributed by atoms with Gasteiger partial charge in [0.25, 0.3) is 0 Å². The number of allylic oxidation sites excluding steroid dienone is 2. The zero-order valence-corrected chi connectivity index (χ0v) is 11.7. The van der Waals surface area contributed by atoms with Crippen LogP contribution >= 0.6 is 0 Å². The summed E-state index contributed by atoms with van der Waals surface area (Å²) in [6.45, 7) is 0. The second-order valence-electron chi connectivity index (χ2n) is 4.60. The zero-order valence-electron chi connectivity index (χ0n) is 11.7. The van der Waals surface area contributed by atoms with E-state index in [0.29, 0.717) is 0 Å². The Morgan fingerprint density at radius 2 is 1.20 bits per heavy atom. The number of pyridine rings is 2. The van der Waals surface area contributed by atoms with Crippen molar-refractivity contribution in [3.8, 4) is 0 Å². The van der Waals surface area contributed by atoms with Gasteiger partial charge in [-0.1, -0.05) is 24.3 Å². The van der Waals surface area contributed by atoms with E-state index in [1.807, 2.05) is 48.8 Å². The lowest BCUT2D eigenvalue weighted by atomic mass is 10.1. The Kier molecular flexibility index (Phi) is 6.25. The van der Waals surface area contributed by atoms with Crippen LogP contribution in [-0.4, -0.2) is 9.97 Å². The van der Waals surface area contributed by atoms with Gasteiger partial charge in [0.1, 0.15) is 0 Å². The van der Waals surface area contributed by atoms with Gasteiger partial charge in [-0.15, -0.1) is 0 Å². The number of rotatable bonds is 7. The third-order valence-electron chi connectivity index (χ3n) is 2.94. The topological polar surface area (TPSA) is 25.8 Å². The molecule has 0 bridgehead atoms. The Bertz CT molecular complexity index is 478. The number of hydrogen-bond acceptors (Lipinski definition) is 2. The lowest BCUT2D eigenvalue weighted by Crippen LogP contribution is -1.78. The Labute approximate surface area is 120 Å². The first kappa shape index (κ1) is 14.2. The molecule has 0 N–H and O–H groups in total. The van der Waals surface area contributed by atoms with Crippen LogP contribution in [0.15, 0.2) is 60.9 Å². The average Bonchev–Trinajstić information content (AvgIpc) is 2.52. The van der Waals surface area contributed by atoms with Gasteiger partial charge in [-0.25, -0.2) is 0 Å². The fraction of sp³-hybridized carbons (Fsp3) is 0.222. The maximum atomic E-state index is 4.25. The highest BCUT2D eigenvalue weighted by Crippen LogP contribution is 2.06. The van der Waals surface area contributed by atoms with Gasteiger partial charge >= 0.3 is 0 Å². The highest BCUT2D eigenvalue weighted by atomic mass is 14.7. The van der Waals surface area contributed by atoms with Crippen molar-refractivity contribution in [3.63, 3.8) is 0 Å². The van der Waals surface area contributed by atoms with Crippen LogP contribution in [0.3, 0.4) is 0 Å². The molecule has 0 aliphatic heterocycles. The largest absolute Gasteiger partial charge is 0.257 e. The molecule has 0 fully saturated rings. The molecule has 20 heavy (non-hydrogen) atoms. The van der Waals surface area contributed by atoms with Gasteiger partial charge in [0.2, 0.25) is 0 Å². The van der Waals surface area contributed by atoms with Crippen molar-refractivity contribution >= 4 is 12.2 Å². The van der Waals surface area contributed by atoms with Crippen LogP contribution in [0, 0.1) is 0 Å². The molecule has 0 radical (unpaired) electrons. The van der Waals surface area contributed by atoms with E-state index >= 15 is 0 Å². The van der Waals surface area contributed by atoms with Crippen LogP contribution in [0.4, 0.5) is 0 Å². The summed E-state index contributed by atoms with van der Waals surface area (Å²) in [6.07, 6.45) is 16.8. The van der Waals surface area contributed by atoms with E-state index in [2.05, 4.69) is 34.3 Å². The van der Waals surface area contributed by atoms with Crippen molar-refractivity contribution in [1.29, 1.82) is 0 Å². The highest BCUT2D eigenvalue weighted by molar-refractivity contribution is 5.44. The summed E-state index contributed by atoms with van der Waals surface area (Å²) in [6, 6.07) is 11.9. The second-order valence-corrected chi connectivity index (χ2v) is 4.60. The minimum absolute atomic E-state index is 1.03. The van der Waals surface area contributed by atoms with Gasteiger partial charge in [-0.05, 0) is 62.1 Å². The first-order valence-corrected chi connectivity index (χ1v) is 7.10. The van der Waals surface area contributed by atoms with Crippen molar-refractivity contribution in [2.45, 2.75) is 25.7 Å². The molecule has 0 aliphatic carbocycles. The monoisotopic (exact) mass is 264 g/mol. The van der Waals surface area contributed by atoms with Crippen molar-refractivity contribution < 1.29 is 0 Å². The molecule has 2 nitrogen and oxygen atoms in total. The zero-order chi connectivity index (χ0) is 13.9. The van der Waals surface area contributed by atoms with Gasteiger partial charge in [-0.2, -0.15) is 0 Å². The van der Waals surface area contributed by atoms with Gasteiger partial charge in [-0.3, -0.25) is 9.97 Å². The Balaban J connectivity index is 1.58. The summed E-state index contributed by atoms with van der Waals surface area (Å²) in [4.78, 5) is 8.51. The molecule has 0 atom stereocenters. The number of hydrogen-bond donors (Lipinski definition) is 0. The Hall–Kier alpha value is -2.22. The van der Waals surface area contributed by atoms with Crippen LogP contribution in [0.2, 0.25) is 0 Å². The lowest BCUT2D eigenvalue weighted by Gasteiger charge is -1.94. The van der Waals surface area contributed by atoms with E-state index in [9.17, 15) is 0 Å². The van der Waals surface area contributed by atoms with Crippen LogP contribution in [0.25, 0.3) is 12.2 Å². The van der Waals surface area contributed by atoms with Crippen molar-refractivity contribution in [1.82, 2.24) is 9.97 Å². The first-order chi connectivity index (χ1) is 9.95. The van der Waals surface area contributed by atoms with Gasteiger partial charge < -0.3 is 0 Å². The molecule has 0 amide bonds. The first-order valence-electron chi connectivity index (χ1n) is 7.10. The van der Waals surface area contributed by atoms with Crippen LogP contribution in [0.5, 0.6) is 0 Å². The molecule has 2 heteroatoms. The molecule has 102 valence electrons. The molecular formula is C18H20N2. The van der Waals surface area contributed by atoms with E-state index < -0.39 is 0 Å². The van der Waals surface area contributed by atoms with Crippen LogP contribution < -0.4 is 0 Å². The predicted octanol–water partition coefficient (Wildman–Crippen LogP) is 4.76. The summed E-state index contributed by atoms with van der Waals surface area (Å²) in [5, 5.41) is 0. The quantitative estimate of drug-likeness (QED) is 0.673. The Morgan fingerprint density at radius 1 is 0.700 bits per heavy atom. The van der Waals surface area contributed by atoms with Crippen molar-refractivity contribution in [3.05, 3.63) is 72.3 Å². The molecule has 0 saturated carbocycles. The van der Waals surface area contributed by atoms with E-state index in [0.717, 1.165) is 24.2 Å². The molecule has 0 aromatic carbocycles. The predicted molar refractivity (Wildman–Crippen MR) is 85.0 cm³/mol. The van der Waals surface area contributed by atoms with Crippen molar-refractivity contribution in [2.24, 2.45) is 0 Å². The second kappa shape index (κ2) is 8.81. The molecular weight excluding hydrogens is 244 g/mol. The number of nitrogens with zero attached hydrogens (tertiary/aromatic N) is 2. The van der Waals surface area contributed by atoms with Gasteiger partial charge in [0.05, 0.1) is 11.4 Å². The maximum absolute atomic E-state index is 4.25. The third-order valence-corrected chi connectivity index (χ3v) is 2.94. The normalized spacial score (nSPS) is 11.4. The summed E-state index contributed by atoms with van der Waals surface area (Å²) in [5.74, 6) is 0. The molecule has 2 heterocycles. The summed E-state index contributed by atoms with van der Waals surface area (Å²) in [5.41, 5.74) is 2.06. The standard InChI is InChI=1S/C18H20N2/c1(3-5-11-17-13-7-9-15-19-17)2-4-6-12-18-14-8-10-16-20-18/h5-16H,1-4H2/b11-5+,12-6+. The van der Waals surface area contributed by atoms with Gasteiger partial charge in [0.15, 0.2) is 0 Å². The molecule has 0 aliphatic rings. The van der Waals surface area contributed by atoms with E-state index in [4.69, 9.17) is 0 Å².